The molecule has 0 amide bonds. The number of carbonyl (C=O) groups is 1. The van der Waals surface area contributed by atoms with Crippen molar-refractivity contribution in [1.82, 2.24) is 0 Å². The Balaban J connectivity index is 2.73. The van der Waals surface area contributed by atoms with Crippen LogP contribution < -0.4 is 0 Å². The number of halogens is 1. The molecule has 0 aromatic heterocycles. The summed E-state index contributed by atoms with van der Waals surface area (Å²) >= 11 is 2.08. The lowest BCUT2D eigenvalue weighted by atomic mass is 10.2. The third-order valence-electron chi connectivity index (χ3n) is 1.20. The number of Topliss-reactive ketones (excluding diaryl/α,β-unsaturated/α-hetero) is 1. The first-order chi connectivity index (χ1) is 3.70. The highest BCUT2D eigenvalue weighted by Gasteiger charge is 2.17. The van der Waals surface area contributed by atoms with Crippen molar-refractivity contribution in [1.29, 1.82) is 0 Å². The molecule has 0 spiro atoms. The Morgan fingerprint density at radius 1 is 1.88 bits per heavy atom. The van der Waals surface area contributed by atoms with Crippen molar-refractivity contribution in [2.45, 2.75) is 13.3 Å². The van der Waals surface area contributed by atoms with E-state index in [0.717, 1.165) is 10.0 Å². The molecule has 0 fully saturated rings. The molecule has 1 nitrogen and oxygen atoms in total. The Morgan fingerprint density at radius 3 is 2.62 bits per heavy atom. The van der Waals surface area contributed by atoms with E-state index >= 15 is 0 Å². The first-order valence-electron chi connectivity index (χ1n) is 2.60. The zero-order valence-electron chi connectivity index (χ0n) is 4.65. The van der Waals surface area contributed by atoms with Gasteiger partial charge in [-0.25, -0.2) is 0 Å². The van der Waals surface area contributed by atoms with Crippen LogP contribution >= 0.6 is 22.6 Å². The summed E-state index contributed by atoms with van der Waals surface area (Å²) in [4.78, 5) is 10.7. The minimum Gasteiger partial charge on any atom is -0.294 e. The maximum atomic E-state index is 10.7. The third-order valence-corrected chi connectivity index (χ3v) is 2.17. The van der Waals surface area contributed by atoms with E-state index in [4.69, 9.17) is 0 Å². The standard InChI is InChI=1S/C6H7IO/c1-4-2-5(7)6(8)3-4/h2,4H,3H2,1H3. The maximum absolute atomic E-state index is 10.7. The van der Waals surface area contributed by atoms with Gasteiger partial charge in [-0.15, -0.1) is 0 Å². The summed E-state index contributed by atoms with van der Waals surface area (Å²) in [5.41, 5.74) is 0. The van der Waals surface area contributed by atoms with Gasteiger partial charge in [-0.2, -0.15) is 0 Å². The Kier molecular flexibility index (Phi) is 1.70. The zero-order chi connectivity index (χ0) is 6.15. The van der Waals surface area contributed by atoms with E-state index in [-0.39, 0.29) is 0 Å². The van der Waals surface area contributed by atoms with E-state index in [1.165, 1.54) is 0 Å². The molecule has 1 atom stereocenters. The fraction of sp³-hybridized carbons (Fsp3) is 0.500. The van der Waals surface area contributed by atoms with Crippen molar-refractivity contribution < 1.29 is 4.79 Å². The van der Waals surface area contributed by atoms with Crippen molar-refractivity contribution in [3.63, 3.8) is 0 Å². The van der Waals surface area contributed by atoms with E-state index in [1.807, 2.05) is 6.08 Å². The zero-order valence-corrected chi connectivity index (χ0v) is 6.81. The minimum atomic E-state index is 0.304. The molecule has 0 heterocycles. The Hall–Kier alpha value is 0.140. The van der Waals surface area contributed by atoms with Crippen LogP contribution in [-0.4, -0.2) is 5.78 Å². The van der Waals surface area contributed by atoms with Gasteiger partial charge < -0.3 is 0 Å². The van der Waals surface area contributed by atoms with E-state index in [1.54, 1.807) is 0 Å². The maximum Gasteiger partial charge on any atom is 0.169 e. The number of hydrogen-bond acceptors (Lipinski definition) is 1. The van der Waals surface area contributed by atoms with Gasteiger partial charge >= 0.3 is 0 Å². The molecule has 0 N–H and O–H groups in total. The highest BCUT2D eigenvalue weighted by Crippen LogP contribution is 2.24. The molecule has 0 aromatic rings. The molecule has 8 heavy (non-hydrogen) atoms. The monoisotopic (exact) mass is 222 g/mol. The van der Waals surface area contributed by atoms with Gasteiger partial charge in [0.05, 0.1) is 3.58 Å². The van der Waals surface area contributed by atoms with Gasteiger partial charge in [-0.3, -0.25) is 4.79 Å². The molecule has 0 saturated heterocycles. The van der Waals surface area contributed by atoms with Crippen LogP contribution in [0.25, 0.3) is 0 Å². The van der Waals surface area contributed by atoms with E-state index in [9.17, 15) is 4.79 Å². The van der Waals surface area contributed by atoms with Gasteiger partial charge in [0.15, 0.2) is 5.78 Å². The van der Waals surface area contributed by atoms with Gasteiger partial charge in [0, 0.05) is 6.42 Å². The molecule has 0 bridgehead atoms. The summed E-state index contributed by atoms with van der Waals surface area (Å²) in [6, 6.07) is 0. The lowest BCUT2D eigenvalue weighted by molar-refractivity contribution is -0.114. The fourth-order valence-corrected chi connectivity index (χ4v) is 1.63. The second-order valence-electron chi connectivity index (χ2n) is 2.12. The number of allylic oxidation sites excluding steroid dienone is 2. The van der Waals surface area contributed by atoms with Gasteiger partial charge in [-0.05, 0) is 28.5 Å². The van der Waals surface area contributed by atoms with Crippen molar-refractivity contribution in [2.75, 3.05) is 0 Å². The van der Waals surface area contributed by atoms with Crippen molar-refractivity contribution >= 4 is 28.4 Å². The molecule has 1 rings (SSSR count). The molecule has 0 radical (unpaired) electrons. The highest BCUT2D eigenvalue weighted by molar-refractivity contribution is 14.1. The summed E-state index contributed by atoms with van der Waals surface area (Å²) in [6.45, 7) is 2.06. The van der Waals surface area contributed by atoms with Crippen molar-refractivity contribution in [2.24, 2.45) is 5.92 Å². The second kappa shape index (κ2) is 2.17. The molecule has 0 aromatic carbocycles. The number of hydrogen-bond donors (Lipinski definition) is 0. The summed E-state index contributed by atoms with van der Waals surface area (Å²) in [5.74, 6) is 0.785. The van der Waals surface area contributed by atoms with Crippen LogP contribution in [0, 0.1) is 5.92 Å². The summed E-state index contributed by atoms with van der Waals surface area (Å²) in [6.07, 6.45) is 2.74. The first kappa shape index (κ1) is 6.26. The Labute approximate surface area is 62.3 Å². The molecular formula is C6H7IO. The van der Waals surface area contributed by atoms with Crippen molar-refractivity contribution in [3.8, 4) is 0 Å². The normalized spacial score (nSPS) is 28.5. The third kappa shape index (κ3) is 1.10. The molecule has 0 aliphatic heterocycles. The average Bonchev–Trinajstić information content (AvgIpc) is 1.85. The fourth-order valence-electron chi connectivity index (χ4n) is 0.792. The molecule has 1 aliphatic rings. The SMILES string of the molecule is CC1C=C(I)C(=O)C1. The van der Waals surface area contributed by atoms with E-state index in [2.05, 4.69) is 29.5 Å². The molecule has 2 heteroatoms. The molecule has 44 valence electrons. The Morgan fingerprint density at radius 2 is 2.50 bits per heavy atom. The average molecular weight is 222 g/mol. The van der Waals surface area contributed by atoms with Crippen LogP contribution in [0.1, 0.15) is 13.3 Å². The molecule has 0 saturated carbocycles. The van der Waals surface area contributed by atoms with Gasteiger partial charge in [0.1, 0.15) is 0 Å². The van der Waals surface area contributed by atoms with Crippen LogP contribution in [0.4, 0.5) is 0 Å². The number of rotatable bonds is 0. The van der Waals surface area contributed by atoms with E-state index in [0.29, 0.717) is 11.7 Å². The highest BCUT2D eigenvalue weighted by atomic mass is 127. The van der Waals surface area contributed by atoms with Crippen LogP contribution in [0.3, 0.4) is 0 Å². The second-order valence-corrected chi connectivity index (χ2v) is 3.28. The minimum absolute atomic E-state index is 0.304. The lowest BCUT2D eigenvalue weighted by Gasteiger charge is -1.88. The summed E-state index contributed by atoms with van der Waals surface area (Å²) in [5, 5.41) is 0. The topological polar surface area (TPSA) is 17.1 Å². The van der Waals surface area contributed by atoms with Crippen LogP contribution in [0.5, 0.6) is 0 Å². The summed E-state index contributed by atoms with van der Waals surface area (Å²) in [7, 11) is 0. The lowest BCUT2D eigenvalue weighted by Crippen LogP contribution is -1.91. The number of ketones is 1. The predicted molar refractivity (Wildman–Crippen MR) is 40.9 cm³/mol. The largest absolute Gasteiger partial charge is 0.294 e. The molecular weight excluding hydrogens is 215 g/mol. The van der Waals surface area contributed by atoms with Gasteiger partial charge in [-0.1, -0.05) is 13.0 Å². The van der Waals surface area contributed by atoms with Crippen LogP contribution in [0.2, 0.25) is 0 Å². The quantitative estimate of drug-likeness (QED) is 0.572. The van der Waals surface area contributed by atoms with Gasteiger partial charge in [0.2, 0.25) is 0 Å². The molecule has 1 unspecified atom stereocenters. The van der Waals surface area contributed by atoms with E-state index < -0.39 is 0 Å². The number of carbonyl (C=O) groups excluding carboxylic acids is 1. The summed E-state index contributed by atoms with van der Waals surface area (Å²) < 4.78 is 0.912. The van der Waals surface area contributed by atoms with Crippen molar-refractivity contribution in [3.05, 3.63) is 9.66 Å². The van der Waals surface area contributed by atoms with Crippen LogP contribution in [0.15, 0.2) is 9.66 Å². The predicted octanol–water partition coefficient (Wildman–Crippen LogP) is 1.91. The first-order valence-corrected chi connectivity index (χ1v) is 3.68. The van der Waals surface area contributed by atoms with Crippen LogP contribution in [-0.2, 0) is 4.79 Å². The smallest absolute Gasteiger partial charge is 0.169 e. The van der Waals surface area contributed by atoms with Gasteiger partial charge in [0.25, 0.3) is 0 Å². The Bertz CT molecular complexity index is 149. The molecule has 1 aliphatic carbocycles.